The van der Waals surface area contributed by atoms with Gasteiger partial charge in [-0.2, -0.15) is 0 Å². The van der Waals surface area contributed by atoms with E-state index >= 15 is 0 Å². The summed E-state index contributed by atoms with van der Waals surface area (Å²) in [6.07, 6.45) is -1.00. The minimum absolute atomic E-state index is 0.0510. The Morgan fingerprint density at radius 3 is 1.71 bits per heavy atom. The first-order valence-corrected chi connectivity index (χ1v) is 7.18. The van der Waals surface area contributed by atoms with Crippen LogP contribution in [0.3, 0.4) is 0 Å². The Labute approximate surface area is 125 Å². The first-order valence-electron chi connectivity index (χ1n) is 7.18. The van der Waals surface area contributed by atoms with Crippen LogP contribution in [0.25, 0.3) is 0 Å². The maximum absolute atomic E-state index is 11.8. The molecule has 0 bridgehead atoms. The summed E-state index contributed by atoms with van der Waals surface area (Å²) in [7, 11) is 0. The highest BCUT2D eigenvalue weighted by Crippen LogP contribution is 2.27. The SMILES string of the molecule is CC(O)C(=O)NC(C)C(c1ccccc1)c1ccccc1. The molecule has 2 N–H and O–H groups in total. The Hall–Kier alpha value is -2.13. The molecule has 3 nitrogen and oxygen atoms in total. The van der Waals surface area contributed by atoms with E-state index in [1.807, 2.05) is 43.3 Å². The third-order valence-corrected chi connectivity index (χ3v) is 3.57. The molecule has 3 heteroatoms. The lowest BCUT2D eigenvalue weighted by atomic mass is 9.86. The molecule has 0 saturated carbocycles. The van der Waals surface area contributed by atoms with Gasteiger partial charge in [-0.05, 0) is 25.0 Å². The molecule has 0 spiro atoms. The van der Waals surface area contributed by atoms with E-state index in [9.17, 15) is 9.90 Å². The summed E-state index contributed by atoms with van der Waals surface area (Å²) < 4.78 is 0. The highest BCUT2D eigenvalue weighted by molar-refractivity contribution is 5.80. The van der Waals surface area contributed by atoms with E-state index in [1.165, 1.54) is 6.92 Å². The van der Waals surface area contributed by atoms with Crippen molar-refractivity contribution in [2.75, 3.05) is 0 Å². The summed E-state index contributed by atoms with van der Waals surface area (Å²) in [6, 6.07) is 20.1. The lowest BCUT2D eigenvalue weighted by molar-refractivity contribution is -0.129. The molecule has 2 rings (SSSR count). The normalized spacial score (nSPS) is 13.7. The zero-order chi connectivity index (χ0) is 15.2. The molecular formula is C18H21NO2. The van der Waals surface area contributed by atoms with Crippen molar-refractivity contribution < 1.29 is 9.90 Å². The number of hydrogen-bond donors (Lipinski definition) is 2. The average Bonchev–Trinajstić information content (AvgIpc) is 2.49. The van der Waals surface area contributed by atoms with Crippen LogP contribution in [0.2, 0.25) is 0 Å². The lowest BCUT2D eigenvalue weighted by Crippen LogP contribution is -2.42. The smallest absolute Gasteiger partial charge is 0.248 e. The van der Waals surface area contributed by atoms with Gasteiger partial charge in [-0.15, -0.1) is 0 Å². The summed E-state index contributed by atoms with van der Waals surface area (Å²) in [4.78, 5) is 11.8. The standard InChI is InChI=1S/C18H21NO2/c1-13(19-18(21)14(2)20)17(15-9-5-3-6-10-15)16-11-7-4-8-12-16/h3-14,17,20H,1-2H3,(H,19,21). The molecule has 0 radical (unpaired) electrons. The number of rotatable bonds is 5. The second kappa shape index (κ2) is 7.04. The van der Waals surface area contributed by atoms with E-state index in [2.05, 4.69) is 29.6 Å². The average molecular weight is 283 g/mol. The van der Waals surface area contributed by atoms with Crippen molar-refractivity contribution in [1.29, 1.82) is 0 Å². The molecule has 2 atom stereocenters. The quantitative estimate of drug-likeness (QED) is 0.886. The predicted molar refractivity (Wildman–Crippen MR) is 84.0 cm³/mol. The van der Waals surface area contributed by atoms with E-state index in [0.717, 1.165) is 11.1 Å². The molecule has 0 aliphatic carbocycles. The number of benzene rings is 2. The summed E-state index contributed by atoms with van der Waals surface area (Å²) in [5, 5.41) is 12.3. The topological polar surface area (TPSA) is 49.3 Å². The summed E-state index contributed by atoms with van der Waals surface area (Å²) in [6.45, 7) is 3.44. The summed E-state index contributed by atoms with van der Waals surface area (Å²) in [5.74, 6) is -0.297. The van der Waals surface area contributed by atoms with Crippen LogP contribution in [-0.4, -0.2) is 23.2 Å². The maximum Gasteiger partial charge on any atom is 0.248 e. The monoisotopic (exact) mass is 283 g/mol. The molecule has 0 aliphatic rings. The Balaban J connectivity index is 2.31. The molecule has 0 fully saturated rings. The Morgan fingerprint density at radius 2 is 1.33 bits per heavy atom. The van der Waals surface area contributed by atoms with E-state index in [4.69, 9.17) is 0 Å². The highest BCUT2D eigenvalue weighted by atomic mass is 16.3. The Morgan fingerprint density at radius 1 is 0.905 bits per heavy atom. The van der Waals surface area contributed by atoms with E-state index in [1.54, 1.807) is 0 Å². The van der Waals surface area contributed by atoms with Gasteiger partial charge in [0.25, 0.3) is 0 Å². The van der Waals surface area contributed by atoms with E-state index < -0.39 is 6.10 Å². The molecule has 0 heterocycles. The summed E-state index contributed by atoms with van der Waals surface area (Å²) in [5.41, 5.74) is 2.28. The van der Waals surface area contributed by atoms with Gasteiger partial charge in [0.1, 0.15) is 6.10 Å². The van der Waals surface area contributed by atoms with Crippen molar-refractivity contribution >= 4 is 5.91 Å². The number of amides is 1. The van der Waals surface area contributed by atoms with E-state index in [0.29, 0.717) is 0 Å². The zero-order valence-electron chi connectivity index (χ0n) is 12.4. The van der Waals surface area contributed by atoms with Gasteiger partial charge >= 0.3 is 0 Å². The van der Waals surface area contributed by atoms with Crippen LogP contribution in [0, 0.1) is 0 Å². The molecule has 0 aliphatic heterocycles. The number of aliphatic hydroxyl groups is 1. The number of nitrogens with one attached hydrogen (secondary N) is 1. The molecule has 110 valence electrons. The van der Waals surface area contributed by atoms with Crippen molar-refractivity contribution in [3.05, 3.63) is 71.8 Å². The van der Waals surface area contributed by atoms with Gasteiger partial charge in [0.05, 0.1) is 0 Å². The Bertz CT molecular complexity index is 527. The molecular weight excluding hydrogens is 262 g/mol. The van der Waals surface area contributed by atoms with Crippen LogP contribution in [0.5, 0.6) is 0 Å². The van der Waals surface area contributed by atoms with Crippen molar-refractivity contribution in [2.45, 2.75) is 31.9 Å². The molecule has 1 amide bonds. The minimum atomic E-state index is -1.00. The minimum Gasteiger partial charge on any atom is -0.384 e. The third kappa shape index (κ3) is 3.92. The molecule has 0 saturated heterocycles. The van der Waals surface area contributed by atoms with Crippen LogP contribution < -0.4 is 5.32 Å². The number of carbonyl (C=O) groups is 1. The van der Waals surface area contributed by atoms with Gasteiger partial charge in [0.15, 0.2) is 0 Å². The zero-order valence-corrected chi connectivity index (χ0v) is 12.4. The van der Waals surface area contributed by atoms with Gasteiger partial charge in [-0.1, -0.05) is 60.7 Å². The molecule has 0 aromatic heterocycles. The van der Waals surface area contributed by atoms with Crippen molar-refractivity contribution in [1.82, 2.24) is 5.32 Å². The molecule has 21 heavy (non-hydrogen) atoms. The Kier molecular flexibility index (Phi) is 5.12. The van der Waals surface area contributed by atoms with Gasteiger partial charge in [-0.25, -0.2) is 0 Å². The second-order valence-electron chi connectivity index (χ2n) is 5.27. The van der Waals surface area contributed by atoms with Gasteiger partial charge in [0, 0.05) is 12.0 Å². The lowest BCUT2D eigenvalue weighted by Gasteiger charge is -2.26. The number of carbonyl (C=O) groups excluding carboxylic acids is 1. The molecule has 2 aromatic carbocycles. The number of aliphatic hydroxyl groups excluding tert-OH is 1. The van der Waals surface area contributed by atoms with Crippen LogP contribution in [0.15, 0.2) is 60.7 Å². The maximum atomic E-state index is 11.8. The van der Waals surface area contributed by atoms with Crippen LogP contribution >= 0.6 is 0 Å². The van der Waals surface area contributed by atoms with Crippen molar-refractivity contribution in [2.24, 2.45) is 0 Å². The van der Waals surface area contributed by atoms with Crippen LogP contribution in [0.1, 0.15) is 30.9 Å². The van der Waals surface area contributed by atoms with E-state index in [-0.39, 0.29) is 17.9 Å². The fraction of sp³-hybridized carbons (Fsp3) is 0.278. The second-order valence-corrected chi connectivity index (χ2v) is 5.27. The predicted octanol–water partition coefficient (Wildman–Crippen LogP) is 2.70. The van der Waals surface area contributed by atoms with Crippen LogP contribution in [-0.2, 0) is 4.79 Å². The van der Waals surface area contributed by atoms with Crippen molar-refractivity contribution in [3.63, 3.8) is 0 Å². The summed E-state index contributed by atoms with van der Waals surface area (Å²) >= 11 is 0. The van der Waals surface area contributed by atoms with Gasteiger partial charge in [0.2, 0.25) is 5.91 Å². The van der Waals surface area contributed by atoms with Crippen LogP contribution in [0.4, 0.5) is 0 Å². The first kappa shape index (κ1) is 15.3. The fourth-order valence-corrected chi connectivity index (χ4v) is 2.52. The third-order valence-electron chi connectivity index (χ3n) is 3.57. The first-order chi connectivity index (χ1) is 10.1. The molecule has 2 unspecified atom stereocenters. The number of hydrogen-bond acceptors (Lipinski definition) is 2. The van der Waals surface area contributed by atoms with Crippen molar-refractivity contribution in [3.8, 4) is 0 Å². The van der Waals surface area contributed by atoms with Gasteiger partial charge in [-0.3, -0.25) is 4.79 Å². The molecule has 2 aromatic rings. The fourth-order valence-electron chi connectivity index (χ4n) is 2.52. The highest BCUT2D eigenvalue weighted by Gasteiger charge is 2.23. The largest absolute Gasteiger partial charge is 0.384 e. The van der Waals surface area contributed by atoms with Gasteiger partial charge < -0.3 is 10.4 Å².